The summed E-state index contributed by atoms with van der Waals surface area (Å²) < 4.78 is 2.42. The summed E-state index contributed by atoms with van der Waals surface area (Å²) >= 11 is 0. The smallest absolute Gasteiger partial charge is 0.0541 e. The van der Waals surface area contributed by atoms with Gasteiger partial charge < -0.3 is 4.57 Å². The molecule has 1 nitrogen and oxygen atoms in total. The maximum Gasteiger partial charge on any atom is 0.0541 e. The van der Waals surface area contributed by atoms with Gasteiger partial charge in [-0.15, -0.1) is 0 Å². The second-order valence-corrected chi connectivity index (χ2v) is 12.6. The fourth-order valence-corrected chi connectivity index (χ4v) is 7.71. The monoisotopic (exact) mass is 595 g/mol. The number of rotatable bonds is 4. The fraction of sp³-hybridized carbons (Fsp3) is 0. The first-order chi connectivity index (χ1) is 23.3. The molecule has 8 aromatic carbocycles. The molecule has 0 bridgehead atoms. The Bertz CT molecular complexity index is 2550. The number of fused-ring (bicyclic) bond motifs is 6. The van der Waals surface area contributed by atoms with Crippen molar-refractivity contribution in [3.8, 4) is 61.3 Å². The highest BCUT2D eigenvalue weighted by molar-refractivity contribution is 6.16. The van der Waals surface area contributed by atoms with Gasteiger partial charge in [-0.3, -0.25) is 0 Å². The average Bonchev–Trinajstić information content (AvgIpc) is 3.65. The van der Waals surface area contributed by atoms with Crippen molar-refractivity contribution >= 4 is 32.6 Å². The minimum absolute atomic E-state index is 1.16. The normalized spacial score (nSPS) is 11.8. The second-order valence-electron chi connectivity index (χ2n) is 12.6. The summed E-state index contributed by atoms with van der Waals surface area (Å²) in [6.45, 7) is 0. The van der Waals surface area contributed by atoms with Crippen LogP contribution in [0.15, 0.2) is 176 Å². The van der Waals surface area contributed by atoms with E-state index in [1.54, 1.807) is 0 Å². The van der Waals surface area contributed by atoms with Crippen LogP contribution in [0.3, 0.4) is 0 Å². The summed E-state index contributed by atoms with van der Waals surface area (Å²) in [5.74, 6) is 0. The maximum atomic E-state index is 2.42. The molecule has 1 aromatic heterocycles. The second kappa shape index (κ2) is 10.2. The Morgan fingerprint density at radius 3 is 1.43 bits per heavy atom. The van der Waals surface area contributed by atoms with Gasteiger partial charge in [0, 0.05) is 16.5 Å². The molecule has 0 radical (unpaired) electrons. The van der Waals surface area contributed by atoms with Crippen LogP contribution in [0.25, 0.3) is 93.9 Å². The molecule has 1 heterocycles. The van der Waals surface area contributed by atoms with E-state index < -0.39 is 0 Å². The van der Waals surface area contributed by atoms with Gasteiger partial charge in [0.15, 0.2) is 0 Å². The third-order valence-corrected chi connectivity index (χ3v) is 9.92. The number of hydrogen-bond donors (Lipinski definition) is 0. The van der Waals surface area contributed by atoms with Crippen molar-refractivity contribution in [3.05, 3.63) is 176 Å². The van der Waals surface area contributed by atoms with E-state index in [4.69, 9.17) is 0 Å². The first kappa shape index (κ1) is 26.1. The molecule has 0 amide bonds. The minimum Gasteiger partial charge on any atom is -0.309 e. The van der Waals surface area contributed by atoms with Crippen LogP contribution >= 0.6 is 0 Å². The van der Waals surface area contributed by atoms with Crippen LogP contribution in [0, 0.1) is 0 Å². The molecule has 0 aliphatic heterocycles. The highest BCUT2D eigenvalue weighted by atomic mass is 15.0. The van der Waals surface area contributed by atoms with E-state index in [2.05, 4.69) is 180 Å². The molecule has 9 aromatic rings. The Kier molecular flexibility index (Phi) is 5.64. The number of aromatic nitrogens is 1. The molecule has 0 saturated carbocycles. The lowest BCUT2D eigenvalue weighted by Crippen LogP contribution is -1.94. The predicted octanol–water partition coefficient (Wildman–Crippen LogP) is 12.6. The largest absolute Gasteiger partial charge is 0.309 e. The van der Waals surface area contributed by atoms with Crippen molar-refractivity contribution in [1.29, 1.82) is 0 Å². The van der Waals surface area contributed by atoms with E-state index in [-0.39, 0.29) is 0 Å². The summed E-state index contributed by atoms with van der Waals surface area (Å²) in [5.41, 5.74) is 16.3. The molecule has 218 valence electrons. The van der Waals surface area contributed by atoms with Gasteiger partial charge in [0.05, 0.1) is 11.0 Å². The topological polar surface area (TPSA) is 4.93 Å². The summed E-state index contributed by atoms with van der Waals surface area (Å²) in [4.78, 5) is 0. The highest BCUT2D eigenvalue weighted by Crippen LogP contribution is 2.48. The number of nitrogens with zero attached hydrogens (tertiary/aromatic N) is 1. The van der Waals surface area contributed by atoms with Gasteiger partial charge in [-0.2, -0.15) is 0 Å². The molecule has 0 fully saturated rings. The summed E-state index contributed by atoms with van der Waals surface area (Å²) in [6.07, 6.45) is 0. The molecule has 0 saturated heterocycles. The molecule has 0 atom stereocenters. The van der Waals surface area contributed by atoms with Gasteiger partial charge in [-0.25, -0.2) is 0 Å². The Morgan fingerprint density at radius 2 is 0.809 bits per heavy atom. The summed E-state index contributed by atoms with van der Waals surface area (Å²) in [6, 6.07) is 64.5. The van der Waals surface area contributed by atoms with Crippen LogP contribution in [0.1, 0.15) is 0 Å². The Balaban J connectivity index is 1.13. The molecule has 0 spiro atoms. The molecular weight excluding hydrogens is 567 g/mol. The average molecular weight is 596 g/mol. The lowest BCUT2D eigenvalue weighted by Gasteiger charge is -2.11. The SMILES string of the molecule is c1ccc(-c2ccc3c(c2)c2cc(-c4ccccc4)ccc2n3-c2ccc(-c3cc4c5c(cccc5c3)-c3ccccc3-4)cc2)cc1. The van der Waals surface area contributed by atoms with E-state index in [9.17, 15) is 0 Å². The third kappa shape index (κ3) is 4.03. The van der Waals surface area contributed by atoms with Crippen molar-refractivity contribution in [3.63, 3.8) is 0 Å². The van der Waals surface area contributed by atoms with Crippen LogP contribution in [0.2, 0.25) is 0 Å². The molecule has 10 rings (SSSR count). The van der Waals surface area contributed by atoms with Gasteiger partial charge in [0.2, 0.25) is 0 Å². The summed E-state index contributed by atoms with van der Waals surface area (Å²) in [5, 5.41) is 5.18. The van der Waals surface area contributed by atoms with Crippen LogP contribution in [0.5, 0.6) is 0 Å². The van der Waals surface area contributed by atoms with E-state index in [0.717, 1.165) is 5.69 Å². The van der Waals surface area contributed by atoms with Crippen molar-refractivity contribution in [2.24, 2.45) is 0 Å². The lowest BCUT2D eigenvalue weighted by atomic mass is 9.96. The predicted molar refractivity (Wildman–Crippen MR) is 199 cm³/mol. The minimum atomic E-state index is 1.16. The van der Waals surface area contributed by atoms with E-state index in [1.165, 1.54) is 88.2 Å². The Labute approximate surface area is 273 Å². The van der Waals surface area contributed by atoms with E-state index >= 15 is 0 Å². The summed E-state index contributed by atoms with van der Waals surface area (Å²) in [7, 11) is 0. The first-order valence-electron chi connectivity index (χ1n) is 16.3. The van der Waals surface area contributed by atoms with Crippen LogP contribution < -0.4 is 0 Å². The van der Waals surface area contributed by atoms with Gasteiger partial charge in [-0.1, -0.05) is 127 Å². The standard InChI is InChI=1S/C46H29N/c1-3-10-30(11-4-1)33-20-24-44-41(27-33)42-28-34(31-12-5-2-6-13-31)21-25-45(42)47(44)37-22-18-32(19-23-37)36-26-35-14-9-17-40-38-15-7-8-16-39(38)43(29-36)46(35)40/h1-29H. The molecule has 1 aliphatic rings. The van der Waals surface area contributed by atoms with Crippen molar-refractivity contribution in [2.75, 3.05) is 0 Å². The maximum absolute atomic E-state index is 2.42. The van der Waals surface area contributed by atoms with Crippen LogP contribution in [-0.4, -0.2) is 4.57 Å². The van der Waals surface area contributed by atoms with Gasteiger partial charge in [0.1, 0.15) is 0 Å². The molecule has 0 N–H and O–H groups in total. The first-order valence-corrected chi connectivity index (χ1v) is 16.3. The van der Waals surface area contributed by atoms with Gasteiger partial charge in [-0.05, 0) is 115 Å². The number of hydrogen-bond acceptors (Lipinski definition) is 0. The van der Waals surface area contributed by atoms with Crippen LogP contribution in [-0.2, 0) is 0 Å². The lowest BCUT2D eigenvalue weighted by molar-refractivity contribution is 1.18. The molecule has 0 unspecified atom stereocenters. The Morgan fingerprint density at radius 1 is 0.298 bits per heavy atom. The third-order valence-electron chi connectivity index (χ3n) is 9.92. The quantitative estimate of drug-likeness (QED) is 0.191. The highest BCUT2D eigenvalue weighted by Gasteiger charge is 2.22. The van der Waals surface area contributed by atoms with Crippen molar-refractivity contribution < 1.29 is 0 Å². The van der Waals surface area contributed by atoms with Crippen LogP contribution in [0.4, 0.5) is 0 Å². The van der Waals surface area contributed by atoms with Crippen molar-refractivity contribution in [1.82, 2.24) is 4.57 Å². The molecule has 1 aliphatic carbocycles. The molecular formula is C46H29N. The van der Waals surface area contributed by atoms with Crippen molar-refractivity contribution in [2.45, 2.75) is 0 Å². The zero-order chi connectivity index (χ0) is 30.9. The van der Waals surface area contributed by atoms with Gasteiger partial charge >= 0.3 is 0 Å². The molecule has 47 heavy (non-hydrogen) atoms. The van der Waals surface area contributed by atoms with E-state index in [0.29, 0.717) is 0 Å². The van der Waals surface area contributed by atoms with E-state index in [1.807, 2.05) is 0 Å². The van der Waals surface area contributed by atoms with Gasteiger partial charge in [0.25, 0.3) is 0 Å². The molecule has 1 heteroatoms. The zero-order valence-electron chi connectivity index (χ0n) is 25.7. The zero-order valence-corrected chi connectivity index (χ0v) is 25.7. The Hall–Kier alpha value is -6.18. The number of benzene rings is 8. The fourth-order valence-electron chi connectivity index (χ4n) is 7.71.